The number of rotatable bonds is 6. The molecule has 1 aromatic rings. The molecule has 17 heavy (non-hydrogen) atoms. The summed E-state index contributed by atoms with van der Waals surface area (Å²) in [5, 5.41) is 3.30. The molecule has 0 bridgehead atoms. The Morgan fingerprint density at radius 1 is 1.47 bits per heavy atom. The Morgan fingerprint density at radius 3 is 3.12 bits per heavy atom. The predicted molar refractivity (Wildman–Crippen MR) is 68.6 cm³/mol. The summed E-state index contributed by atoms with van der Waals surface area (Å²) in [6.45, 7) is 4.49. The largest absolute Gasteiger partial charge is 0.493 e. The van der Waals surface area contributed by atoms with Gasteiger partial charge in [-0.15, -0.1) is 0 Å². The van der Waals surface area contributed by atoms with Gasteiger partial charge >= 0.3 is 0 Å². The Labute approximate surface area is 103 Å². The molecule has 0 amide bonds. The molecule has 1 N–H and O–H groups in total. The van der Waals surface area contributed by atoms with Crippen LogP contribution < -0.4 is 10.1 Å². The van der Waals surface area contributed by atoms with Crippen molar-refractivity contribution in [1.82, 2.24) is 5.32 Å². The van der Waals surface area contributed by atoms with Crippen LogP contribution in [0.25, 0.3) is 0 Å². The molecule has 0 radical (unpaired) electrons. The third kappa shape index (κ3) is 2.99. The van der Waals surface area contributed by atoms with Gasteiger partial charge in [0, 0.05) is 13.0 Å². The fourth-order valence-corrected chi connectivity index (χ4v) is 2.11. The molecule has 1 aromatic carbocycles. The number of hydrogen-bond acceptors (Lipinski definition) is 3. The summed E-state index contributed by atoms with van der Waals surface area (Å²) in [5.74, 6) is 1.04. The minimum atomic E-state index is 0.271. The van der Waals surface area contributed by atoms with E-state index in [0.717, 1.165) is 38.4 Å². The molecule has 0 saturated heterocycles. The zero-order chi connectivity index (χ0) is 12.1. The van der Waals surface area contributed by atoms with Gasteiger partial charge < -0.3 is 14.8 Å². The third-order valence-electron chi connectivity index (χ3n) is 3.10. The summed E-state index contributed by atoms with van der Waals surface area (Å²) in [7, 11) is 1.98. The van der Waals surface area contributed by atoms with Gasteiger partial charge in [0.2, 0.25) is 0 Å². The van der Waals surface area contributed by atoms with E-state index in [-0.39, 0.29) is 6.04 Å². The van der Waals surface area contributed by atoms with Crippen molar-refractivity contribution in [3.8, 4) is 5.75 Å². The first-order valence-corrected chi connectivity index (χ1v) is 6.35. The standard InChI is InChI=1S/C14H21NO2/c1-3-7-16-10-13(15-2)11-4-5-14-12(9-11)6-8-17-14/h4-5,9,13,15H,3,6-8,10H2,1-2H3. The van der Waals surface area contributed by atoms with Crippen molar-refractivity contribution in [2.45, 2.75) is 25.8 Å². The molecule has 1 atom stereocenters. The lowest BCUT2D eigenvalue weighted by atomic mass is 10.0. The van der Waals surface area contributed by atoms with Crippen molar-refractivity contribution >= 4 is 0 Å². The van der Waals surface area contributed by atoms with Gasteiger partial charge in [-0.05, 0) is 30.7 Å². The average molecular weight is 235 g/mol. The lowest BCUT2D eigenvalue weighted by Gasteiger charge is -2.17. The number of benzene rings is 1. The Kier molecular flexibility index (Phi) is 4.40. The maximum atomic E-state index is 5.62. The normalized spacial score (nSPS) is 15.4. The number of hydrogen-bond donors (Lipinski definition) is 1. The van der Waals surface area contributed by atoms with Crippen molar-refractivity contribution in [3.05, 3.63) is 29.3 Å². The van der Waals surface area contributed by atoms with E-state index in [1.54, 1.807) is 0 Å². The van der Waals surface area contributed by atoms with Gasteiger partial charge in [-0.1, -0.05) is 19.1 Å². The maximum absolute atomic E-state index is 5.62. The van der Waals surface area contributed by atoms with Crippen molar-refractivity contribution < 1.29 is 9.47 Å². The summed E-state index contributed by atoms with van der Waals surface area (Å²) in [5.41, 5.74) is 2.60. The van der Waals surface area contributed by atoms with Crippen LogP contribution in [0.15, 0.2) is 18.2 Å². The zero-order valence-corrected chi connectivity index (χ0v) is 10.7. The second-order valence-corrected chi connectivity index (χ2v) is 4.38. The molecule has 0 fully saturated rings. The van der Waals surface area contributed by atoms with Crippen LogP contribution in [-0.2, 0) is 11.2 Å². The van der Waals surface area contributed by atoms with E-state index in [9.17, 15) is 0 Å². The van der Waals surface area contributed by atoms with E-state index in [1.165, 1.54) is 11.1 Å². The van der Waals surface area contributed by atoms with Gasteiger partial charge in [0.25, 0.3) is 0 Å². The monoisotopic (exact) mass is 235 g/mol. The molecule has 2 rings (SSSR count). The van der Waals surface area contributed by atoms with Gasteiger partial charge in [-0.2, -0.15) is 0 Å². The van der Waals surface area contributed by atoms with Gasteiger partial charge in [-0.3, -0.25) is 0 Å². The van der Waals surface area contributed by atoms with Crippen LogP contribution in [0.1, 0.15) is 30.5 Å². The summed E-state index contributed by atoms with van der Waals surface area (Å²) in [4.78, 5) is 0. The first-order valence-electron chi connectivity index (χ1n) is 6.35. The molecule has 0 aromatic heterocycles. The minimum absolute atomic E-state index is 0.271. The van der Waals surface area contributed by atoms with Crippen molar-refractivity contribution in [3.63, 3.8) is 0 Å². The van der Waals surface area contributed by atoms with Crippen molar-refractivity contribution in [2.75, 3.05) is 26.9 Å². The topological polar surface area (TPSA) is 30.5 Å². The number of likely N-dealkylation sites (N-methyl/N-ethyl adjacent to an activating group) is 1. The zero-order valence-electron chi connectivity index (χ0n) is 10.7. The molecule has 1 aliphatic rings. The summed E-state index contributed by atoms with van der Waals surface area (Å²) in [6.07, 6.45) is 2.09. The van der Waals surface area contributed by atoms with Crippen LogP contribution in [0.2, 0.25) is 0 Å². The van der Waals surface area contributed by atoms with Gasteiger partial charge in [0.15, 0.2) is 0 Å². The van der Waals surface area contributed by atoms with Gasteiger partial charge in [0.05, 0.1) is 19.3 Å². The number of nitrogens with one attached hydrogen (secondary N) is 1. The van der Waals surface area contributed by atoms with Gasteiger partial charge in [0.1, 0.15) is 5.75 Å². The highest BCUT2D eigenvalue weighted by Gasteiger charge is 2.15. The maximum Gasteiger partial charge on any atom is 0.122 e. The highest BCUT2D eigenvalue weighted by Crippen LogP contribution is 2.28. The van der Waals surface area contributed by atoms with Gasteiger partial charge in [-0.25, -0.2) is 0 Å². The number of ether oxygens (including phenoxy) is 2. The van der Waals surface area contributed by atoms with Crippen LogP contribution >= 0.6 is 0 Å². The third-order valence-corrected chi connectivity index (χ3v) is 3.10. The van der Waals surface area contributed by atoms with E-state index in [1.807, 2.05) is 7.05 Å². The molecule has 1 unspecified atom stereocenters. The lowest BCUT2D eigenvalue weighted by Crippen LogP contribution is -2.22. The average Bonchev–Trinajstić information content (AvgIpc) is 2.82. The van der Waals surface area contributed by atoms with E-state index < -0.39 is 0 Å². The molecule has 0 spiro atoms. The van der Waals surface area contributed by atoms with Crippen LogP contribution in [-0.4, -0.2) is 26.9 Å². The van der Waals surface area contributed by atoms with E-state index in [2.05, 4.69) is 30.4 Å². The van der Waals surface area contributed by atoms with Crippen LogP contribution in [0.4, 0.5) is 0 Å². The second kappa shape index (κ2) is 6.03. The fraction of sp³-hybridized carbons (Fsp3) is 0.571. The van der Waals surface area contributed by atoms with Crippen molar-refractivity contribution in [2.24, 2.45) is 0 Å². The molecule has 1 aliphatic heterocycles. The number of fused-ring (bicyclic) bond motifs is 1. The fourth-order valence-electron chi connectivity index (χ4n) is 2.11. The molecule has 0 saturated carbocycles. The first kappa shape index (κ1) is 12.4. The minimum Gasteiger partial charge on any atom is -0.493 e. The Morgan fingerprint density at radius 2 is 2.35 bits per heavy atom. The molecule has 3 nitrogen and oxygen atoms in total. The Balaban J connectivity index is 2.03. The lowest BCUT2D eigenvalue weighted by molar-refractivity contribution is 0.114. The molecular formula is C14H21NO2. The molecule has 3 heteroatoms. The quantitative estimate of drug-likeness (QED) is 0.767. The summed E-state index contributed by atoms with van der Waals surface area (Å²) < 4.78 is 11.1. The van der Waals surface area contributed by atoms with E-state index in [0.29, 0.717) is 0 Å². The second-order valence-electron chi connectivity index (χ2n) is 4.38. The van der Waals surface area contributed by atoms with E-state index >= 15 is 0 Å². The van der Waals surface area contributed by atoms with Crippen LogP contribution in [0.3, 0.4) is 0 Å². The SMILES string of the molecule is CCCOCC(NC)c1ccc2c(c1)CCO2. The van der Waals surface area contributed by atoms with Crippen LogP contribution in [0.5, 0.6) is 5.75 Å². The highest BCUT2D eigenvalue weighted by molar-refractivity contribution is 5.40. The smallest absolute Gasteiger partial charge is 0.122 e. The molecule has 1 heterocycles. The summed E-state index contributed by atoms with van der Waals surface area (Å²) >= 11 is 0. The summed E-state index contributed by atoms with van der Waals surface area (Å²) in [6, 6.07) is 6.70. The Bertz CT molecular complexity index is 365. The molecule has 0 aliphatic carbocycles. The highest BCUT2D eigenvalue weighted by atomic mass is 16.5. The van der Waals surface area contributed by atoms with Crippen molar-refractivity contribution in [1.29, 1.82) is 0 Å². The van der Waals surface area contributed by atoms with E-state index in [4.69, 9.17) is 9.47 Å². The molecular weight excluding hydrogens is 214 g/mol. The predicted octanol–water partition coefficient (Wildman–Crippen LogP) is 2.31. The van der Waals surface area contributed by atoms with Crippen LogP contribution in [0, 0.1) is 0 Å². The molecule has 94 valence electrons. The Hall–Kier alpha value is -1.06. The first-order chi connectivity index (χ1) is 8.35.